The Morgan fingerprint density at radius 2 is 2.12 bits per heavy atom. The van der Waals surface area contributed by atoms with E-state index in [1.54, 1.807) is 0 Å². The monoisotopic (exact) mass is 392 g/mol. The number of anilines is 1. The Bertz CT molecular complexity index is 1060. The van der Waals surface area contributed by atoms with E-state index in [0.717, 1.165) is 21.0 Å². The van der Waals surface area contributed by atoms with Gasteiger partial charge in [0, 0.05) is 10.6 Å². The number of benzene rings is 2. The molecule has 1 N–H and O–H groups in total. The van der Waals surface area contributed by atoms with Crippen molar-refractivity contribution in [2.75, 3.05) is 22.6 Å². The summed E-state index contributed by atoms with van der Waals surface area (Å²) in [6.45, 7) is 0. The molecule has 8 heteroatoms. The number of carbonyl (C=O) groups excluding carboxylic acids is 1. The first kappa shape index (κ1) is 16.8. The summed E-state index contributed by atoms with van der Waals surface area (Å²) in [7, 11) is -2.90. The zero-order chi connectivity index (χ0) is 17.4. The van der Waals surface area contributed by atoms with Gasteiger partial charge in [-0.05, 0) is 17.9 Å². The van der Waals surface area contributed by atoms with Gasteiger partial charge in [0.2, 0.25) is 5.91 Å². The molecule has 1 atom stereocenters. The molecule has 3 aromatic rings. The molecule has 2 aromatic carbocycles. The molecule has 1 saturated heterocycles. The molecular formula is C17H16N2O3S3. The van der Waals surface area contributed by atoms with E-state index in [0.29, 0.717) is 11.6 Å². The lowest BCUT2D eigenvalue weighted by molar-refractivity contribution is -0.113. The van der Waals surface area contributed by atoms with Gasteiger partial charge >= 0.3 is 0 Å². The third kappa shape index (κ3) is 3.65. The van der Waals surface area contributed by atoms with E-state index in [4.69, 9.17) is 0 Å². The highest BCUT2D eigenvalue weighted by Crippen LogP contribution is 2.32. The number of hydrogen-bond donors (Lipinski definition) is 1. The summed E-state index contributed by atoms with van der Waals surface area (Å²) in [5, 5.41) is 5.63. The van der Waals surface area contributed by atoms with Gasteiger partial charge in [-0.2, -0.15) is 0 Å². The van der Waals surface area contributed by atoms with E-state index in [9.17, 15) is 13.2 Å². The second-order valence-corrected chi connectivity index (χ2v) is 10.6. The van der Waals surface area contributed by atoms with Crippen LogP contribution in [0.5, 0.6) is 0 Å². The van der Waals surface area contributed by atoms with Crippen molar-refractivity contribution in [1.82, 2.24) is 4.98 Å². The number of fused-ring (bicyclic) bond motifs is 3. The highest BCUT2D eigenvalue weighted by Gasteiger charge is 2.28. The minimum atomic E-state index is -2.90. The average molecular weight is 393 g/mol. The van der Waals surface area contributed by atoms with Crippen LogP contribution in [0.4, 0.5) is 5.13 Å². The zero-order valence-corrected chi connectivity index (χ0v) is 15.7. The SMILES string of the molecule is O=C(CS[C@H]1CCS(=O)(=O)C1)Nc1nc2c(ccc3ccccc32)s1. The highest BCUT2D eigenvalue weighted by atomic mass is 32.2. The molecular weight excluding hydrogens is 376 g/mol. The molecule has 5 nitrogen and oxygen atoms in total. The van der Waals surface area contributed by atoms with Gasteiger partial charge in [-0.25, -0.2) is 13.4 Å². The van der Waals surface area contributed by atoms with Crippen molar-refractivity contribution in [1.29, 1.82) is 0 Å². The Balaban J connectivity index is 1.45. The summed E-state index contributed by atoms with van der Waals surface area (Å²) < 4.78 is 24.0. The second-order valence-electron chi connectivity index (χ2n) is 6.04. The van der Waals surface area contributed by atoms with Crippen molar-refractivity contribution in [3.8, 4) is 0 Å². The normalized spacial score (nSPS) is 19.4. The molecule has 0 radical (unpaired) electrons. The molecule has 2 heterocycles. The van der Waals surface area contributed by atoms with Crippen LogP contribution >= 0.6 is 23.1 Å². The Morgan fingerprint density at radius 3 is 2.92 bits per heavy atom. The number of aromatic nitrogens is 1. The number of rotatable bonds is 4. The molecule has 0 saturated carbocycles. The number of thiazole rings is 1. The quantitative estimate of drug-likeness (QED) is 0.737. The minimum Gasteiger partial charge on any atom is -0.301 e. The molecule has 4 rings (SSSR count). The van der Waals surface area contributed by atoms with Crippen molar-refractivity contribution in [3.05, 3.63) is 36.4 Å². The van der Waals surface area contributed by atoms with Gasteiger partial charge in [0.25, 0.3) is 0 Å². The molecule has 1 amide bonds. The summed E-state index contributed by atoms with van der Waals surface area (Å²) in [6, 6.07) is 12.1. The fourth-order valence-electron chi connectivity index (χ4n) is 2.96. The van der Waals surface area contributed by atoms with E-state index in [1.807, 2.05) is 30.3 Å². The van der Waals surface area contributed by atoms with E-state index in [-0.39, 0.29) is 28.4 Å². The predicted octanol–water partition coefficient (Wildman–Crippen LogP) is 3.31. The van der Waals surface area contributed by atoms with Gasteiger partial charge in [0.1, 0.15) is 0 Å². The van der Waals surface area contributed by atoms with Gasteiger partial charge in [-0.15, -0.1) is 11.8 Å². The van der Waals surface area contributed by atoms with Crippen LogP contribution in [-0.2, 0) is 14.6 Å². The van der Waals surface area contributed by atoms with Crippen LogP contribution in [0, 0.1) is 0 Å². The molecule has 0 bridgehead atoms. The molecule has 1 fully saturated rings. The van der Waals surface area contributed by atoms with Crippen LogP contribution in [0.15, 0.2) is 36.4 Å². The van der Waals surface area contributed by atoms with E-state index >= 15 is 0 Å². The van der Waals surface area contributed by atoms with Crippen molar-refractivity contribution in [2.45, 2.75) is 11.7 Å². The van der Waals surface area contributed by atoms with Crippen LogP contribution in [-0.4, -0.2) is 41.8 Å². The Hall–Kier alpha value is -1.64. The largest absolute Gasteiger partial charge is 0.301 e. The maximum Gasteiger partial charge on any atom is 0.236 e. The molecule has 25 heavy (non-hydrogen) atoms. The first-order valence-corrected chi connectivity index (χ1v) is 11.6. The topological polar surface area (TPSA) is 76.1 Å². The average Bonchev–Trinajstić information content (AvgIpc) is 3.15. The maximum absolute atomic E-state index is 12.2. The molecule has 0 aliphatic carbocycles. The number of hydrogen-bond acceptors (Lipinski definition) is 6. The molecule has 0 unspecified atom stereocenters. The molecule has 0 spiro atoms. The summed E-state index contributed by atoms with van der Waals surface area (Å²) in [5.41, 5.74) is 0.896. The number of carbonyl (C=O) groups is 1. The molecule has 1 aromatic heterocycles. The van der Waals surface area contributed by atoms with Crippen molar-refractivity contribution in [2.24, 2.45) is 0 Å². The first-order chi connectivity index (χ1) is 12.0. The zero-order valence-electron chi connectivity index (χ0n) is 13.3. The number of nitrogens with zero attached hydrogens (tertiary/aromatic N) is 1. The first-order valence-electron chi connectivity index (χ1n) is 7.90. The van der Waals surface area contributed by atoms with E-state index in [1.165, 1.54) is 23.1 Å². The van der Waals surface area contributed by atoms with Gasteiger partial charge in [-0.1, -0.05) is 41.7 Å². The Labute approximate surface area is 153 Å². The van der Waals surface area contributed by atoms with Gasteiger partial charge in [0.15, 0.2) is 15.0 Å². The molecule has 1 aliphatic rings. The van der Waals surface area contributed by atoms with Crippen LogP contribution in [0.2, 0.25) is 0 Å². The number of sulfone groups is 1. The van der Waals surface area contributed by atoms with E-state index in [2.05, 4.69) is 16.4 Å². The van der Waals surface area contributed by atoms with Crippen LogP contribution in [0.25, 0.3) is 21.0 Å². The summed E-state index contributed by atoms with van der Waals surface area (Å²) in [4.78, 5) is 16.7. The van der Waals surface area contributed by atoms with Crippen LogP contribution in [0.1, 0.15) is 6.42 Å². The highest BCUT2D eigenvalue weighted by molar-refractivity contribution is 8.02. The standard InChI is InChI=1S/C17H16N2O3S3/c20-15(9-23-12-7-8-25(21,22)10-12)18-17-19-16-13-4-2-1-3-11(13)5-6-14(16)24-17/h1-6,12H,7-10H2,(H,18,19,20)/t12-/m0/s1. The molecule has 130 valence electrons. The van der Waals surface area contributed by atoms with Crippen LogP contribution in [0.3, 0.4) is 0 Å². The number of amides is 1. The van der Waals surface area contributed by atoms with Crippen molar-refractivity contribution >= 4 is 65.0 Å². The van der Waals surface area contributed by atoms with Gasteiger partial charge < -0.3 is 5.32 Å². The van der Waals surface area contributed by atoms with Crippen molar-refractivity contribution < 1.29 is 13.2 Å². The summed E-state index contributed by atoms with van der Waals surface area (Å²) >= 11 is 2.86. The van der Waals surface area contributed by atoms with Gasteiger partial charge in [-0.3, -0.25) is 4.79 Å². The molecule has 1 aliphatic heterocycles. The van der Waals surface area contributed by atoms with Gasteiger partial charge in [0.05, 0.1) is 27.5 Å². The minimum absolute atomic E-state index is 0.0232. The van der Waals surface area contributed by atoms with Crippen molar-refractivity contribution in [3.63, 3.8) is 0 Å². The Kier molecular flexibility index (Phi) is 4.43. The Morgan fingerprint density at radius 1 is 1.28 bits per heavy atom. The fourth-order valence-corrected chi connectivity index (χ4v) is 7.30. The lowest BCUT2D eigenvalue weighted by Gasteiger charge is -2.06. The fraction of sp³-hybridized carbons (Fsp3) is 0.294. The number of nitrogens with one attached hydrogen (secondary N) is 1. The second kappa shape index (κ2) is 6.59. The summed E-state index contributed by atoms with van der Waals surface area (Å²) in [5.74, 6) is 0.518. The summed E-state index contributed by atoms with van der Waals surface area (Å²) in [6.07, 6.45) is 0.632. The lowest BCUT2D eigenvalue weighted by atomic mass is 10.1. The third-order valence-corrected chi connectivity index (χ3v) is 8.39. The lowest BCUT2D eigenvalue weighted by Crippen LogP contribution is -2.17. The maximum atomic E-state index is 12.2. The van der Waals surface area contributed by atoms with E-state index < -0.39 is 9.84 Å². The van der Waals surface area contributed by atoms with Crippen LogP contribution < -0.4 is 5.32 Å². The smallest absolute Gasteiger partial charge is 0.236 e. The predicted molar refractivity (Wildman–Crippen MR) is 105 cm³/mol. The third-order valence-electron chi connectivity index (χ3n) is 4.17. The number of thioether (sulfide) groups is 1.